The minimum absolute atomic E-state index is 0.124. The highest BCUT2D eigenvalue weighted by Crippen LogP contribution is 2.32. The summed E-state index contributed by atoms with van der Waals surface area (Å²) in [4.78, 5) is 37.5. The van der Waals surface area contributed by atoms with Gasteiger partial charge in [-0.15, -0.1) is 0 Å². The van der Waals surface area contributed by atoms with Crippen molar-refractivity contribution in [3.8, 4) is 0 Å². The molecule has 0 saturated heterocycles. The van der Waals surface area contributed by atoms with Gasteiger partial charge in [0, 0.05) is 55.1 Å². The van der Waals surface area contributed by atoms with E-state index in [0.717, 1.165) is 36.5 Å². The summed E-state index contributed by atoms with van der Waals surface area (Å²) in [6.07, 6.45) is 8.44. The second-order valence-electron chi connectivity index (χ2n) is 9.89. The van der Waals surface area contributed by atoms with Gasteiger partial charge in [-0.05, 0) is 49.9 Å². The smallest absolute Gasteiger partial charge is 0.323 e. The van der Waals surface area contributed by atoms with Gasteiger partial charge in [-0.3, -0.25) is 15.1 Å². The number of ether oxygens (including phenoxy) is 1. The number of anilines is 2. The molecule has 1 aromatic heterocycles. The maximum Gasteiger partial charge on any atom is 0.323 e. The number of hydrogen-bond donors (Lipinski definition) is 5. The first-order chi connectivity index (χ1) is 18.9. The topological polar surface area (TPSA) is 126 Å². The average molecular weight is 553 g/mol. The van der Waals surface area contributed by atoms with Gasteiger partial charge in [0.05, 0.1) is 12.0 Å². The average Bonchev–Trinajstić information content (AvgIpc) is 3.31. The van der Waals surface area contributed by atoms with E-state index in [1.165, 1.54) is 0 Å². The Kier molecular flexibility index (Phi) is 8.20. The molecule has 12 heteroatoms. The van der Waals surface area contributed by atoms with E-state index in [4.69, 9.17) is 16.3 Å². The maximum atomic E-state index is 12.8. The van der Waals surface area contributed by atoms with Crippen molar-refractivity contribution in [1.82, 2.24) is 25.4 Å². The first-order valence-electron chi connectivity index (χ1n) is 12.9. The molecule has 2 unspecified atom stereocenters. The van der Waals surface area contributed by atoms with Gasteiger partial charge in [-0.2, -0.15) is 0 Å². The number of urea groups is 1. The van der Waals surface area contributed by atoms with Crippen molar-refractivity contribution >= 4 is 41.4 Å². The predicted octanol–water partition coefficient (Wildman–Crippen LogP) is 3.38. The van der Waals surface area contributed by atoms with Crippen molar-refractivity contribution < 1.29 is 14.3 Å². The number of allylic oxidation sites excluding steroid dienone is 1. The van der Waals surface area contributed by atoms with E-state index >= 15 is 0 Å². The zero-order chi connectivity index (χ0) is 27.4. The standard InChI is InChI=1S/C27H33ClN8O3/c1-35-9-4-10-36(2)23(37)15-39-22-12-20(32-26-24-17(14-35)13-29-25(24)30-16-31-26)7-8-21(22)34-27(38)33-19-6-3-5-18(28)11-19/h3,5-8,11,13,16,20,26,29,32H,4,9-10,12,14-15H2,1-2H3,(H,30,31)(H2,33,34,38). The number of carbonyl (C=O) groups excluding carboxylic acids is 2. The monoisotopic (exact) mass is 552 g/mol. The van der Waals surface area contributed by atoms with Crippen LogP contribution in [0, 0.1) is 0 Å². The van der Waals surface area contributed by atoms with E-state index in [1.807, 2.05) is 12.3 Å². The number of fused-ring (bicyclic) bond motifs is 2. The fourth-order valence-electron chi connectivity index (χ4n) is 4.85. The number of nitrogens with one attached hydrogen (secondary N) is 5. The number of amides is 3. The molecule has 2 aromatic rings. The zero-order valence-electron chi connectivity index (χ0n) is 22.0. The molecule has 2 atom stereocenters. The van der Waals surface area contributed by atoms with E-state index in [1.54, 1.807) is 48.6 Å². The van der Waals surface area contributed by atoms with Gasteiger partial charge in [0.2, 0.25) is 0 Å². The number of rotatable bonds is 2. The highest BCUT2D eigenvalue weighted by Gasteiger charge is 2.28. The van der Waals surface area contributed by atoms with Crippen LogP contribution in [0.25, 0.3) is 0 Å². The van der Waals surface area contributed by atoms with E-state index < -0.39 is 6.03 Å². The number of H-pyrrole nitrogens is 1. The van der Waals surface area contributed by atoms with Crippen LogP contribution in [-0.2, 0) is 16.1 Å². The molecule has 1 aliphatic carbocycles. The van der Waals surface area contributed by atoms with Crippen LogP contribution in [-0.4, -0.2) is 72.9 Å². The van der Waals surface area contributed by atoms with Crippen LogP contribution >= 0.6 is 11.6 Å². The summed E-state index contributed by atoms with van der Waals surface area (Å²) in [7, 11) is 3.86. The number of carbonyl (C=O) groups is 2. The highest BCUT2D eigenvalue weighted by atomic mass is 35.5. The Morgan fingerprint density at radius 3 is 2.95 bits per heavy atom. The minimum Gasteiger partial charge on any atom is -0.486 e. The molecule has 0 saturated carbocycles. The highest BCUT2D eigenvalue weighted by molar-refractivity contribution is 6.30. The number of hydrogen-bond acceptors (Lipinski definition) is 7. The third-order valence-electron chi connectivity index (χ3n) is 6.88. The Morgan fingerprint density at radius 1 is 1.23 bits per heavy atom. The lowest BCUT2D eigenvalue weighted by molar-refractivity contribution is -0.133. The first-order valence-corrected chi connectivity index (χ1v) is 13.3. The number of aromatic nitrogens is 1. The number of halogens is 1. The second kappa shape index (κ2) is 11.9. The third-order valence-corrected chi connectivity index (χ3v) is 7.12. The van der Waals surface area contributed by atoms with Gasteiger partial charge in [0.25, 0.3) is 5.91 Å². The predicted molar refractivity (Wildman–Crippen MR) is 152 cm³/mol. The van der Waals surface area contributed by atoms with Crippen LogP contribution in [0.3, 0.4) is 0 Å². The molecule has 5 N–H and O–H groups in total. The third kappa shape index (κ3) is 6.62. The summed E-state index contributed by atoms with van der Waals surface area (Å²) >= 11 is 6.04. The first kappa shape index (κ1) is 26.8. The quantitative estimate of drug-likeness (QED) is 0.389. The van der Waals surface area contributed by atoms with Gasteiger partial charge in [0.15, 0.2) is 6.61 Å². The molecule has 2 aliphatic heterocycles. The molecule has 5 rings (SSSR count). The van der Waals surface area contributed by atoms with Crippen LogP contribution in [0.2, 0.25) is 5.02 Å². The molecule has 39 heavy (non-hydrogen) atoms. The van der Waals surface area contributed by atoms with Crippen molar-refractivity contribution in [1.29, 1.82) is 0 Å². The Morgan fingerprint density at radius 2 is 2.10 bits per heavy atom. The molecule has 3 aliphatic rings. The maximum absolute atomic E-state index is 12.8. The molecule has 3 amide bonds. The minimum atomic E-state index is -0.441. The van der Waals surface area contributed by atoms with Crippen LogP contribution in [0.4, 0.5) is 16.3 Å². The molecule has 2 bridgehead atoms. The number of aromatic amines is 1. The van der Waals surface area contributed by atoms with Gasteiger partial charge in [-0.1, -0.05) is 23.7 Å². The largest absolute Gasteiger partial charge is 0.486 e. The molecule has 206 valence electrons. The van der Waals surface area contributed by atoms with Crippen LogP contribution in [0.1, 0.15) is 30.1 Å². The Labute approximate surface area is 232 Å². The fraction of sp³-hybridized carbons (Fsp3) is 0.370. The lowest BCUT2D eigenvalue weighted by atomic mass is 10.0. The van der Waals surface area contributed by atoms with Crippen LogP contribution in [0.15, 0.2) is 59.1 Å². The van der Waals surface area contributed by atoms with E-state index in [9.17, 15) is 9.59 Å². The lowest BCUT2D eigenvalue weighted by Crippen LogP contribution is -2.38. The van der Waals surface area contributed by atoms with Gasteiger partial charge in [-0.25, -0.2) is 4.79 Å². The van der Waals surface area contributed by atoms with Crippen LogP contribution < -0.4 is 21.3 Å². The molecule has 1 aromatic carbocycles. The van der Waals surface area contributed by atoms with Gasteiger partial charge >= 0.3 is 6.03 Å². The summed E-state index contributed by atoms with van der Waals surface area (Å²) < 4.78 is 6.03. The normalized spacial score (nSPS) is 22.1. The van der Waals surface area contributed by atoms with E-state index in [-0.39, 0.29) is 24.7 Å². The summed E-state index contributed by atoms with van der Waals surface area (Å²) in [6.45, 7) is 2.08. The number of likely N-dealkylation sites (N-methyl/N-ethyl adjacent to an activating group) is 1. The molecular weight excluding hydrogens is 520 g/mol. The van der Waals surface area contributed by atoms with Crippen molar-refractivity contribution in [2.75, 3.05) is 44.4 Å². The molecule has 0 spiro atoms. The fourth-order valence-corrected chi connectivity index (χ4v) is 5.04. The summed E-state index contributed by atoms with van der Waals surface area (Å²) in [5, 5.41) is 12.9. The second-order valence-corrected chi connectivity index (χ2v) is 10.3. The summed E-state index contributed by atoms with van der Waals surface area (Å²) in [5.41, 5.74) is 3.28. The summed E-state index contributed by atoms with van der Waals surface area (Å²) in [5.74, 6) is 1.31. The van der Waals surface area contributed by atoms with E-state index in [2.05, 4.69) is 43.2 Å². The van der Waals surface area contributed by atoms with Crippen molar-refractivity contribution in [3.05, 3.63) is 70.2 Å². The van der Waals surface area contributed by atoms with Gasteiger partial charge < -0.3 is 35.5 Å². The molecular formula is C27H33ClN8O3. The SMILES string of the molecule is CN1CCCN(C)C(=O)COC2=C(NC(=O)Nc3cccc(Cl)c3)C=CC(C2)NC2N=CNc3[nH]cc(c32)C1. The molecule has 3 heterocycles. The van der Waals surface area contributed by atoms with Crippen LogP contribution in [0.5, 0.6) is 0 Å². The molecule has 0 radical (unpaired) electrons. The van der Waals surface area contributed by atoms with Crippen molar-refractivity contribution in [2.45, 2.75) is 31.6 Å². The van der Waals surface area contributed by atoms with Crippen molar-refractivity contribution in [2.24, 2.45) is 4.99 Å². The van der Waals surface area contributed by atoms with Gasteiger partial charge in [0.1, 0.15) is 17.7 Å². The Hall–Kier alpha value is -3.80. The molecule has 11 nitrogen and oxygen atoms in total. The number of aliphatic imine (C=N–C) groups is 1. The number of nitrogens with zero attached hydrogens (tertiary/aromatic N) is 3. The lowest BCUT2D eigenvalue weighted by Gasteiger charge is -2.29. The van der Waals surface area contributed by atoms with Crippen molar-refractivity contribution in [3.63, 3.8) is 0 Å². The molecule has 0 fully saturated rings. The number of benzene rings is 1. The summed E-state index contributed by atoms with van der Waals surface area (Å²) in [6, 6.07) is 6.31. The Balaban J connectivity index is 1.38. The Bertz CT molecular complexity index is 1320. The van der Waals surface area contributed by atoms with E-state index in [0.29, 0.717) is 35.1 Å². The zero-order valence-corrected chi connectivity index (χ0v) is 22.7.